The number of hydrogen-bond donors (Lipinski definition) is 1. The van der Waals surface area contributed by atoms with Gasteiger partial charge in [0.25, 0.3) is 0 Å². The summed E-state index contributed by atoms with van der Waals surface area (Å²) in [6.45, 7) is 4.52. The van der Waals surface area contributed by atoms with Crippen LogP contribution in [0.5, 0.6) is 0 Å². The molecule has 0 aliphatic carbocycles. The number of carbonyl (C=O) groups excluding carboxylic acids is 1. The average Bonchev–Trinajstić information content (AvgIpc) is 2.66. The van der Waals surface area contributed by atoms with Crippen molar-refractivity contribution in [1.82, 2.24) is 9.62 Å². The SMILES string of the molecule is C#CC(CC)(CC)NC(=O)C1CCN(S(=O)(=O)c2ccc(Cl)cc2)CC1. The Labute approximate surface area is 161 Å². The van der Waals surface area contributed by atoms with Crippen LogP contribution in [0.4, 0.5) is 0 Å². The van der Waals surface area contributed by atoms with Gasteiger partial charge in [0, 0.05) is 24.0 Å². The minimum atomic E-state index is -3.57. The second-order valence-electron chi connectivity index (χ2n) is 6.56. The van der Waals surface area contributed by atoms with Gasteiger partial charge >= 0.3 is 0 Å². The lowest BCUT2D eigenvalue weighted by Crippen LogP contribution is -2.51. The number of amides is 1. The normalized spacial score (nSPS) is 16.8. The van der Waals surface area contributed by atoms with Crippen molar-refractivity contribution in [1.29, 1.82) is 0 Å². The Morgan fingerprint density at radius 2 is 1.81 bits per heavy atom. The third-order valence-electron chi connectivity index (χ3n) is 5.12. The molecular weight excluding hydrogens is 372 g/mol. The highest BCUT2D eigenvalue weighted by molar-refractivity contribution is 7.89. The van der Waals surface area contributed by atoms with E-state index >= 15 is 0 Å². The van der Waals surface area contributed by atoms with Gasteiger partial charge in [-0.15, -0.1) is 6.42 Å². The molecule has 0 atom stereocenters. The van der Waals surface area contributed by atoms with Gasteiger partial charge in [0.2, 0.25) is 15.9 Å². The van der Waals surface area contributed by atoms with Crippen molar-refractivity contribution in [3.8, 4) is 12.3 Å². The van der Waals surface area contributed by atoms with Crippen LogP contribution in [0.15, 0.2) is 29.2 Å². The molecule has 1 aromatic carbocycles. The van der Waals surface area contributed by atoms with Crippen LogP contribution in [0.3, 0.4) is 0 Å². The van der Waals surface area contributed by atoms with E-state index in [1.54, 1.807) is 12.1 Å². The lowest BCUT2D eigenvalue weighted by molar-refractivity contribution is -0.127. The number of benzene rings is 1. The van der Waals surface area contributed by atoms with E-state index in [2.05, 4.69) is 11.2 Å². The molecule has 0 bridgehead atoms. The zero-order valence-corrected chi connectivity index (χ0v) is 16.7. The Balaban J connectivity index is 2.01. The van der Waals surface area contributed by atoms with Gasteiger partial charge in [-0.3, -0.25) is 4.79 Å². The average molecular weight is 397 g/mol. The molecule has 0 radical (unpaired) electrons. The lowest BCUT2D eigenvalue weighted by atomic mass is 9.90. The molecule has 1 heterocycles. The maximum atomic E-state index is 12.7. The molecule has 142 valence electrons. The number of nitrogens with one attached hydrogen (secondary N) is 1. The molecule has 2 rings (SSSR count). The van der Waals surface area contributed by atoms with E-state index in [1.165, 1.54) is 16.4 Å². The van der Waals surface area contributed by atoms with E-state index in [0.717, 1.165) is 0 Å². The fourth-order valence-electron chi connectivity index (χ4n) is 3.12. The molecule has 26 heavy (non-hydrogen) atoms. The Bertz CT molecular complexity index is 772. The van der Waals surface area contributed by atoms with E-state index in [-0.39, 0.29) is 16.7 Å². The van der Waals surface area contributed by atoms with Gasteiger partial charge < -0.3 is 5.32 Å². The summed E-state index contributed by atoms with van der Waals surface area (Å²) in [7, 11) is -3.57. The Kier molecular flexibility index (Phi) is 6.73. The van der Waals surface area contributed by atoms with Crippen LogP contribution >= 0.6 is 11.6 Å². The smallest absolute Gasteiger partial charge is 0.243 e. The molecule has 0 saturated carbocycles. The van der Waals surface area contributed by atoms with Gasteiger partial charge in [-0.25, -0.2) is 8.42 Å². The van der Waals surface area contributed by atoms with E-state index in [0.29, 0.717) is 43.8 Å². The van der Waals surface area contributed by atoms with Gasteiger partial charge in [-0.05, 0) is 49.9 Å². The second-order valence-corrected chi connectivity index (χ2v) is 8.93. The Morgan fingerprint density at radius 1 is 1.27 bits per heavy atom. The minimum Gasteiger partial charge on any atom is -0.340 e. The summed E-state index contributed by atoms with van der Waals surface area (Å²) in [5.41, 5.74) is -0.621. The van der Waals surface area contributed by atoms with E-state index in [9.17, 15) is 13.2 Å². The molecule has 7 heteroatoms. The van der Waals surface area contributed by atoms with Gasteiger partial charge in [-0.2, -0.15) is 4.31 Å². The lowest BCUT2D eigenvalue weighted by Gasteiger charge is -2.33. The molecule has 1 fully saturated rings. The quantitative estimate of drug-likeness (QED) is 0.751. The van der Waals surface area contributed by atoms with Crippen molar-refractivity contribution < 1.29 is 13.2 Å². The number of hydrogen-bond acceptors (Lipinski definition) is 3. The van der Waals surface area contributed by atoms with Crippen LogP contribution in [0.25, 0.3) is 0 Å². The van der Waals surface area contributed by atoms with E-state index in [1.807, 2.05) is 13.8 Å². The first-order valence-corrected chi connectivity index (χ1v) is 10.7. The summed E-state index contributed by atoms with van der Waals surface area (Å²) in [5, 5.41) is 3.47. The number of piperidine rings is 1. The number of carbonyl (C=O) groups is 1. The van der Waals surface area contributed by atoms with Gasteiger partial charge in [-0.1, -0.05) is 31.4 Å². The summed E-state index contributed by atoms with van der Waals surface area (Å²) < 4.78 is 26.8. The molecule has 1 amide bonds. The van der Waals surface area contributed by atoms with Gasteiger partial charge in [0.1, 0.15) is 5.54 Å². The molecule has 5 nitrogen and oxygen atoms in total. The van der Waals surface area contributed by atoms with Crippen molar-refractivity contribution in [2.45, 2.75) is 50.0 Å². The monoisotopic (exact) mass is 396 g/mol. The van der Waals surface area contributed by atoms with Gasteiger partial charge in [0.05, 0.1) is 4.90 Å². The van der Waals surface area contributed by atoms with Crippen molar-refractivity contribution >= 4 is 27.5 Å². The summed E-state index contributed by atoms with van der Waals surface area (Å²) in [6.07, 6.45) is 7.88. The number of nitrogens with zero attached hydrogens (tertiary/aromatic N) is 1. The highest BCUT2D eigenvalue weighted by atomic mass is 35.5. The van der Waals surface area contributed by atoms with E-state index < -0.39 is 15.6 Å². The summed E-state index contributed by atoms with van der Waals surface area (Å²) in [6, 6.07) is 6.12. The molecule has 1 saturated heterocycles. The minimum absolute atomic E-state index is 0.0878. The highest BCUT2D eigenvalue weighted by Crippen LogP contribution is 2.26. The number of rotatable bonds is 6. The van der Waals surface area contributed by atoms with Crippen LogP contribution in [0.2, 0.25) is 5.02 Å². The first-order chi connectivity index (χ1) is 12.3. The zero-order chi connectivity index (χ0) is 19.4. The third-order valence-corrected chi connectivity index (χ3v) is 7.29. The summed E-state index contributed by atoms with van der Waals surface area (Å²) >= 11 is 5.82. The van der Waals surface area contributed by atoms with Crippen molar-refractivity contribution in [3.05, 3.63) is 29.3 Å². The zero-order valence-electron chi connectivity index (χ0n) is 15.2. The number of terminal acetylenes is 1. The number of sulfonamides is 1. The fraction of sp³-hybridized carbons (Fsp3) is 0.526. The predicted molar refractivity (Wildman–Crippen MR) is 103 cm³/mol. The highest BCUT2D eigenvalue weighted by Gasteiger charge is 2.34. The van der Waals surface area contributed by atoms with Crippen LogP contribution in [-0.2, 0) is 14.8 Å². The van der Waals surface area contributed by atoms with Crippen LogP contribution < -0.4 is 5.32 Å². The first kappa shape index (κ1) is 20.8. The maximum Gasteiger partial charge on any atom is 0.243 e. The predicted octanol–water partition coefficient (Wildman–Crippen LogP) is 3.05. The van der Waals surface area contributed by atoms with Crippen molar-refractivity contribution in [2.75, 3.05) is 13.1 Å². The first-order valence-electron chi connectivity index (χ1n) is 8.83. The van der Waals surface area contributed by atoms with Gasteiger partial charge in [0.15, 0.2) is 0 Å². The summed E-state index contributed by atoms with van der Waals surface area (Å²) in [5.74, 6) is 2.38. The van der Waals surface area contributed by atoms with Crippen LogP contribution in [0, 0.1) is 18.3 Å². The van der Waals surface area contributed by atoms with Crippen molar-refractivity contribution in [3.63, 3.8) is 0 Å². The summed E-state index contributed by atoms with van der Waals surface area (Å²) in [4.78, 5) is 12.8. The number of halogens is 1. The van der Waals surface area contributed by atoms with Crippen LogP contribution in [-0.4, -0.2) is 37.3 Å². The molecule has 0 unspecified atom stereocenters. The maximum absolute atomic E-state index is 12.7. The molecule has 0 spiro atoms. The molecule has 1 aliphatic heterocycles. The standard InChI is InChI=1S/C19H25ClN2O3S/c1-4-19(5-2,6-3)21-18(23)15-11-13-22(14-12-15)26(24,25)17-9-7-16(20)8-10-17/h1,7-10,15H,5-6,11-14H2,2-3H3,(H,21,23). The Hall–Kier alpha value is -1.55. The fourth-order valence-corrected chi connectivity index (χ4v) is 4.71. The third kappa shape index (κ3) is 4.40. The van der Waals surface area contributed by atoms with E-state index in [4.69, 9.17) is 18.0 Å². The Morgan fingerprint density at radius 3 is 2.27 bits per heavy atom. The molecular formula is C19H25ClN2O3S. The van der Waals surface area contributed by atoms with Crippen molar-refractivity contribution in [2.24, 2.45) is 5.92 Å². The molecule has 1 aliphatic rings. The van der Waals surface area contributed by atoms with Crippen LogP contribution in [0.1, 0.15) is 39.5 Å². The molecule has 0 aromatic heterocycles. The largest absolute Gasteiger partial charge is 0.340 e. The molecule has 1 aromatic rings. The topological polar surface area (TPSA) is 66.5 Å². The second kappa shape index (κ2) is 8.43. The molecule has 1 N–H and O–H groups in total.